The summed E-state index contributed by atoms with van der Waals surface area (Å²) in [5.74, 6) is 1.03. The highest BCUT2D eigenvalue weighted by Crippen LogP contribution is 2.31. The minimum atomic E-state index is -1.01. The fraction of sp³-hybridized carbons (Fsp3) is 0.167. The lowest BCUT2D eigenvalue weighted by Crippen LogP contribution is -2.10. The van der Waals surface area contributed by atoms with Gasteiger partial charge < -0.3 is 19.3 Å². The Morgan fingerprint density at radius 3 is 2.11 bits per heavy atom. The van der Waals surface area contributed by atoms with Gasteiger partial charge in [0.1, 0.15) is 23.9 Å². The van der Waals surface area contributed by atoms with Crippen LogP contribution < -0.4 is 14.2 Å². The van der Waals surface area contributed by atoms with Gasteiger partial charge in [0.25, 0.3) is 0 Å². The summed E-state index contributed by atoms with van der Waals surface area (Å²) in [6.45, 7) is 3.97. The molecule has 178 valence electrons. The summed E-state index contributed by atoms with van der Waals surface area (Å²) in [6.07, 6.45) is 0. The summed E-state index contributed by atoms with van der Waals surface area (Å²) in [4.78, 5) is 10.8. The third kappa shape index (κ3) is 6.21. The molecule has 0 atom stereocenters. The Hall–Kier alpha value is -4.25. The Balaban J connectivity index is 1.61. The number of aliphatic carboxylic acids is 1. The smallest absolute Gasteiger partial charge is 0.341 e. The van der Waals surface area contributed by atoms with Crippen LogP contribution in [0.25, 0.3) is 22.3 Å². The van der Waals surface area contributed by atoms with Crippen molar-refractivity contribution in [1.82, 2.24) is 0 Å². The van der Waals surface area contributed by atoms with Crippen LogP contribution in [0, 0.1) is 13.8 Å². The second-order valence-electron chi connectivity index (χ2n) is 8.41. The summed E-state index contributed by atoms with van der Waals surface area (Å²) in [6, 6.07) is 28.3. The van der Waals surface area contributed by atoms with E-state index in [4.69, 9.17) is 19.3 Å². The highest BCUT2D eigenvalue weighted by atomic mass is 16.5. The first-order valence-electron chi connectivity index (χ1n) is 11.3. The summed E-state index contributed by atoms with van der Waals surface area (Å²) < 4.78 is 16.7. The lowest BCUT2D eigenvalue weighted by atomic mass is 9.95. The molecule has 0 heterocycles. The monoisotopic (exact) mass is 468 g/mol. The molecule has 0 aromatic heterocycles. The van der Waals surface area contributed by atoms with Gasteiger partial charge >= 0.3 is 5.97 Å². The molecule has 4 aromatic carbocycles. The molecular formula is C30H28O5. The molecule has 0 spiro atoms. The molecule has 1 N–H and O–H groups in total. The number of carbonyl (C=O) groups is 1. The van der Waals surface area contributed by atoms with Crippen LogP contribution in [-0.2, 0) is 11.4 Å². The number of carboxylic acids is 1. The maximum atomic E-state index is 10.8. The number of hydrogen-bond acceptors (Lipinski definition) is 4. The maximum Gasteiger partial charge on any atom is 0.341 e. The molecule has 0 saturated carbocycles. The van der Waals surface area contributed by atoms with Crippen LogP contribution in [0.5, 0.6) is 17.2 Å². The molecule has 35 heavy (non-hydrogen) atoms. The number of carboxylic acid groups (broad SMARTS) is 1. The van der Waals surface area contributed by atoms with Crippen LogP contribution >= 0.6 is 0 Å². The molecule has 4 rings (SSSR count). The zero-order valence-corrected chi connectivity index (χ0v) is 20.1. The van der Waals surface area contributed by atoms with Crippen molar-refractivity contribution in [2.75, 3.05) is 13.7 Å². The quantitative estimate of drug-likeness (QED) is 0.296. The Bertz CT molecular complexity index is 1330. The number of hydrogen-bond donors (Lipinski definition) is 1. The van der Waals surface area contributed by atoms with E-state index in [0.29, 0.717) is 18.1 Å². The van der Waals surface area contributed by atoms with Crippen molar-refractivity contribution < 1.29 is 24.1 Å². The minimum absolute atomic E-state index is 0.374. The molecular weight excluding hydrogens is 440 g/mol. The maximum absolute atomic E-state index is 10.8. The number of rotatable bonds is 9. The Morgan fingerprint density at radius 2 is 1.46 bits per heavy atom. The molecule has 0 aliphatic heterocycles. The van der Waals surface area contributed by atoms with Gasteiger partial charge in [0, 0.05) is 0 Å². The average Bonchev–Trinajstić information content (AvgIpc) is 2.86. The molecule has 0 aliphatic carbocycles. The van der Waals surface area contributed by atoms with E-state index in [9.17, 15) is 4.79 Å². The zero-order chi connectivity index (χ0) is 24.8. The van der Waals surface area contributed by atoms with Gasteiger partial charge in [-0.25, -0.2) is 4.79 Å². The van der Waals surface area contributed by atoms with E-state index in [1.54, 1.807) is 19.2 Å². The minimum Gasteiger partial charge on any atom is -0.497 e. The van der Waals surface area contributed by atoms with Crippen molar-refractivity contribution in [3.8, 4) is 39.5 Å². The SMILES string of the molecule is COc1ccc(-c2cc(COc3ccc(OCC(=O)O)c(C)c3)cc(-c3cccc(C)c3)c2)cc1. The van der Waals surface area contributed by atoms with E-state index >= 15 is 0 Å². The van der Waals surface area contributed by atoms with Crippen LogP contribution in [0.1, 0.15) is 16.7 Å². The predicted octanol–water partition coefficient (Wildman–Crippen LogP) is 6.69. The fourth-order valence-electron chi connectivity index (χ4n) is 3.90. The Labute approximate surface area is 205 Å². The third-order valence-corrected chi connectivity index (χ3v) is 5.67. The number of benzene rings is 4. The predicted molar refractivity (Wildman–Crippen MR) is 137 cm³/mol. The average molecular weight is 469 g/mol. The number of aryl methyl sites for hydroxylation is 2. The second kappa shape index (κ2) is 10.8. The molecule has 0 aliphatic rings. The summed E-state index contributed by atoms with van der Waals surface area (Å²) in [5.41, 5.74) is 7.52. The largest absolute Gasteiger partial charge is 0.497 e. The standard InChI is InChI=1S/C30H28O5/c1-20-5-4-6-24(13-20)26-16-22(15-25(17-26)23-7-9-27(33-3)10-8-23)18-34-28-11-12-29(21(2)14-28)35-19-30(31)32/h4-17H,18-19H2,1-3H3,(H,31,32). The first kappa shape index (κ1) is 23.9. The van der Waals surface area contributed by atoms with Gasteiger partial charge in [-0.15, -0.1) is 0 Å². The summed E-state index contributed by atoms with van der Waals surface area (Å²) in [7, 11) is 1.66. The van der Waals surface area contributed by atoms with Gasteiger partial charge in [-0.1, -0.05) is 42.0 Å². The lowest BCUT2D eigenvalue weighted by molar-refractivity contribution is -0.139. The van der Waals surface area contributed by atoms with Gasteiger partial charge in [-0.2, -0.15) is 0 Å². The van der Waals surface area contributed by atoms with Crippen molar-refractivity contribution in [1.29, 1.82) is 0 Å². The zero-order valence-electron chi connectivity index (χ0n) is 20.1. The van der Waals surface area contributed by atoms with Crippen molar-refractivity contribution in [3.05, 3.63) is 102 Å². The van der Waals surface area contributed by atoms with Gasteiger partial charge in [0.05, 0.1) is 7.11 Å². The highest BCUT2D eigenvalue weighted by Gasteiger charge is 2.09. The highest BCUT2D eigenvalue weighted by molar-refractivity contribution is 5.74. The van der Waals surface area contributed by atoms with Gasteiger partial charge in [-0.3, -0.25) is 0 Å². The summed E-state index contributed by atoms with van der Waals surface area (Å²) in [5, 5.41) is 8.83. The van der Waals surface area contributed by atoms with E-state index in [2.05, 4.69) is 61.5 Å². The molecule has 0 bridgehead atoms. The van der Waals surface area contributed by atoms with Gasteiger partial charge in [0.15, 0.2) is 6.61 Å². The van der Waals surface area contributed by atoms with Gasteiger partial charge in [0.2, 0.25) is 0 Å². The van der Waals surface area contributed by atoms with Crippen LogP contribution in [0.3, 0.4) is 0 Å². The molecule has 0 saturated heterocycles. The molecule has 5 heteroatoms. The molecule has 4 aromatic rings. The van der Waals surface area contributed by atoms with Crippen molar-refractivity contribution in [2.24, 2.45) is 0 Å². The Morgan fingerprint density at radius 1 is 0.743 bits per heavy atom. The van der Waals surface area contributed by atoms with Crippen LogP contribution in [0.15, 0.2) is 84.9 Å². The van der Waals surface area contributed by atoms with Crippen molar-refractivity contribution in [2.45, 2.75) is 20.5 Å². The van der Waals surface area contributed by atoms with E-state index < -0.39 is 5.97 Å². The number of methoxy groups -OCH3 is 1. The molecule has 0 amide bonds. The van der Waals surface area contributed by atoms with E-state index in [-0.39, 0.29) is 6.61 Å². The first-order valence-corrected chi connectivity index (χ1v) is 11.3. The van der Waals surface area contributed by atoms with Gasteiger partial charge in [-0.05, 0) is 95.8 Å². The molecule has 0 fully saturated rings. The summed E-state index contributed by atoms with van der Waals surface area (Å²) >= 11 is 0. The van der Waals surface area contributed by atoms with E-state index in [1.807, 2.05) is 25.1 Å². The van der Waals surface area contributed by atoms with E-state index in [1.165, 1.54) is 5.56 Å². The Kier molecular flexibility index (Phi) is 7.36. The normalized spacial score (nSPS) is 10.6. The molecule has 0 radical (unpaired) electrons. The first-order chi connectivity index (χ1) is 16.9. The van der Waals surface area contributed by atoms with Crippen molar-refractivity contribution in [3.63, 3.8) is 0 Å². The topological polar surface area (TPSA) is 65.0 Å². The van der Waals surface area contributed by atoms with E-state index in [0.717, 1.165) is 39.1 Å². The second-order valence-corrected chi connectivity index (χ2v) is 8.41. The fourth-order valence-corrected chi connectivity index (χ4v) is 3.90. The molecule has 0 unspecified atom stereocenters. The van der Waals surface area contributed by atoms with Crippen LogP contribution in [0.2, 0.25) is 0 Å². The number of ether oxygens (including phenoxy) is 3. The lowest BCUT2D eigenvalue weighted by Gasteiger charge is -2.14. The van der Waals surface area contributed by atoms with Crippen molar-refractivity contribution >= 4 is 5.97 Å². The third-order valence-electron chi connectivity index (χ3n) is 5.67. The molecule has 5 nitrogen and oxygen atoms in total. The van der Waals surface area contributed by atoms with Crippen LogP contribution in [0.4, 0.5) is 0 Å². The van der Waals surface area contributed by atoms with Crippen LogP contribution in [-0.4, -0.2) is 24.8 Å².